The fourth-order valence-electron chi connectivity index (χ4n) is 4.24. The third-order valence-corrected chi connectivity index (χ3v) is 6.04. The molecule has 3 aromatic heterocycles. The highest BCUT2D eigenvalue weighted by Gasteiger charge is 2.28. The van der Waals surface area contributed by atoms with Crippen molar-refractivity contribution >= 4 is 17.0 Å². The first-order valence-electron chi connectivity index (χ1n) is 11.4. The second-order valence-electron chi connectivity index (χ2n) is 8.26. The van der Waals surface area contributed by atoms with Crippen LogP contribution in [0.3, 0.4) is 0 Å². The fraction of sp³-hybridized carbons (Fsp3) is 0.308. The first-order valence-corrected chi connectivity index (χ1v) is 11.4. The van der Waals surface area contributed by atoms with E-state index in [1.54, 1.807) is 6.20 Å². The lowest BCUT2D eigenvalue weighted by Gasteiger charge is -2.27. The lowest BCUT2D eigenvalue weighted by molar-refractivity contribution is -0.149. The Morgan fingerprint density at radius 3 is 2.45 bits per heavy atom. The molecule has 1 saturated carbocycles. The van der Waals surface area contributed by atoms with Crippen molar-refractivity contribution in [1.29, 1.82) is 0 Å². The number of imidazole rings is 1. The van der Waals surface area contributed by atoms with Crippen molar-refractivity contribution in [3.8, 4) is 28.5 Å². The average molecular weight is 443 g/mol. The summed E-state index contributed by atoms with van der Waals surface area (Å²) in [6.45, 7) is 2.27. The summed E-state index contributed by atoms with van der Waals surface area (Å²) in [4.78, 5) is 28.9. The van der Waals surface area contributed by atoms with Gasteiger partial charge in [0.1, 0.15) is 11.9 Å². The second kappa shape index (κ2) is 9.40. The van der Waals surface area contributed by atoms with Gasteiger partial charge in [-0.2, -0.15) is 0 Å². The molecule has 4 aromatic rings. The minimum atomic E-state index is -0.0859. The zero-order valence-electron chi connectivity index (χ0n) is 18.5. The summed E-state index contributed by atoms with van der Waals surface area (Å²) < 4.78 is 11.2. The van der Waals surface area contributed by atoms with E-state index in [1.807, 2.05) is 61.7 Å². The van der Waals surface area contributed by atoms with E-state index in [4.69, 9.17) is 9.47 Å². The maximum absolute atomic E-state index is 11.9. The normalized spacial score (nSPS) is 18.2. The van der Waals surface area contributed by atoms with Gasteiger partial charge in [0.25, 0.3) is 0 Å². The van der Waals surface area contributed by atoms with Crippen LogP contribution in [0, 0.1) is 5.92 Å². The van der Waals surface area contributed by atoms with Crippen LogP contribution in [-0.2, 0) is 9.53 Å². The number of ether oxygens (including phenoxy) is 2. The van der Waals surface area contributed by atoms with Crippen molar-refractivity contribution in [3.05, 3.63) is 60.9 Å². The molecular weight excluding hydrogens is 416 g/mol. The van der Waals surface area contributed by atoms with Crippen LogP contribution in [0.15, 0.2) is 60.9 Å². The van der Waals surface area contributed by atoms with Gasteiger partial charge in [-0.25, -0.2) is 9.97 Å². The number of fused-ring (bicyclic) bond motifs is 1. The first-order chi connectivity index (χ1) is 16.2. The Balaban J connectivity index is 1.20. The van der Waals surface area contributed by atoms with Gasteiger partial charge in [-0.3, -0.25) is 9.78 Å². The molecule has 1 aromatic carbocycles. The number of H-pyrrole nitrogens is 1. The summed E-state index contributed by atoms with van der Waals surface area (Å²) in [5.74, 6) is 1.30. The van der Waals surface area contributed by atoms with Crippen LogP contribution in [0.25, 0.3) is 33.7 Å². The van der Waals surface area contributed by atoms with Gasteiger partial charge in [-0.15, -0.1) is 0 Å². The zero-order chi connectivity index (χ0) is 22.6. The first kappa shape index (κ1) is 21.1. The van der Waals surface area contributed by atoms with E-state index in [0.29, 0.717) is 12.5 Å². The molecule has 0 aliphatic heterocycles. The van der Waals surface area contributed by atoms with Crippen LogP contribution < -0.4 is 4.74 Å². The van der Waals surface area contributed by atoms with Gasteiger partial charge in [0.2, 0.25) is 5.88 Å². The van der Waals surface area contributed by atoms with E-state index in [-0.39, 0.29) is 18.0 Å². The Hall–Kier alpha value is -3.74. The van der Waals surface area contributed by atoms with Gasteiger partial charge in [-0.1, -0.05) is 12.1 Å². The molecule has 33 heavy (non-hydrogen) atoms. The lowest BCUT2D eigenvalue weighted by Crippen LogP contribution is -2.29. The van der Waals surface area contributed by atoms with Crippen molar-refractivity contribution in [2.24, 2.45) is 5.92 Å². The molecule has 7 heteroatoms. The molecule has 0 spiro atoms. The quantitative estimate of drug-likeness (QED) is 0.414. The maximum atomic E-state index is 11.9. The third-order valence-electron chi connectivity index (χ3n) is 6.04. The molecule has 0 radical (unpaired) electrons. The van der Waals surface area contributed by atoms with E-state index in [2.05, 4.69) is 19.9 Å². The number of para-hydroxylation sites is 2. The minimum Gasteiger partial charge on any atom is -0.474 e. The number of hydrogen-bond donors (Lipinski definition) is 1. The average Bonchev–Trinajstić information content (AvgIpc) is 3.30. The molecule has 0 atom stereocenters. The number of benzene rings is 1. The number of carbonyl (C=O) groups excluding carboxylic acids is 1. The maximum Gasteiger partial charge on any atom is 0.308 e. The second-order valence-corrected chi connectivity index (χ2v) is 8.26. The van der Waals surface area contributed by atoms with Gasteiger partial charge in [0, 0.05) is 29.6 Å². The van der Waals surface area contributed by atoms with Crippen molar-refractivity contribution < 1.29 is 14.3 Å². The number of esters is 1. The molecule has 5 rings (SSSR count). The van der Waals surface area contributed by atoms with E-state index < -0.39 is 0 Å². The number of carbonyl (C=O) groups is 1. The number of aromatic amines is 1. The molecular formula is C26H26N4O3. The summed E-state index contributed by atoms with van der Waals surface area (Å²) in [6.07, 6.45) is 6.93. The van der Waals surface area contributed by atoms with Crippen LogP contribution in [0.2, 0.25) is 0 Å². The molecule has 1 aliphatic rings. The summed E-state index contributed by atoms with van der Waals surface area (Å²) in [7, 11) is 0. The lowest BCUT2D eigenvalue weighted by atomic mass is 9.87. The van der Waals surface area contributed by atoms with Crippen molar-refractivity contribution in [1.82, 2.24) is 19.9 Å². The molecule has 7 nitrogen and oxygen atoms in total. The van der Waals surface area contributed by atoms with Gasteiger partial charge >= 0.3 is 5.97 Å². The number of nitrogens with zero attached hydrogens (tertiary/aromatic N) is 3. The number of rotatable bonds is 6. The smallest absolute Gasteiger partial charge is 0.308 e. The summed E-state index contributed by atoms with van der Waals surface area (Å²) >= 11 is 0. The SMILES string of the molecule is CCOC(=O)C1CCC(Oc2ccc(-c3ccc(-c4nc5ccccc5[nH]4)cn3)cn2)CC1. The Kier molecular flexibility index (Phi) is 6.02. The van der Waals surface area contributed by atoms with E-state index >= 15 is 0 Å². The Morgan fingerprint density at radius 1 is 0.970 bits per heavy atom. The van der Waals surface area contributed by atoms with Crippen LogP contribution >= 0.6 is 0 Å². The van der Waals surface area contributed by atoms with Crippen LogP contribution in [0.1, 0.15) is 32.6 Å². The minimum absolute atomic E-state index is 0.00579. The van der Waals surface area contributed by atoms with Crippen molar-refractivity contribution in [2.45, 2.75) is 38.7 Å². The highest BCUT2D eigenvalue weighted by atomic mass is 16.5. The summed E-state index contributed by atoms with van der Waals surface area (Å²) in [5, 5.41) is 0. The van der Waals surface area contributed by atoms with Gasteiger partial charge < -0.3 is 14.5 Å². The molecule has 0 unspecified atom stereocenters. The van der Waals surface area contributed by atoms with Crippen LogP contribution in [-0.4, -0.2) is 38.6 Å². The summed E-state index contributed by atoms with van der Waals surface area (Å²) in [5.41, 5.74) is 4.63. The highest BCUT2D eigenvalue weighted by molar-refractivity contribution is 5.79. The van der Waals surface area contributed by atoms with Crippen molar-refractivity contribution in [2.75, 3.05) is 6.61 Å². The molecule has 1 N–H and O–H groups in total. The molecule has 0 amide bonds. The largest absolute Gasteiger partial charge is 0.474 e. The highest BCUT2D eigenvalue weighted by Crippen LogP contribution is 2.29. The van der Waals surface area contributed by atoms with Crippen LogP contribution in [0.5, 0.6) is 5.88 Å². The molecule has 1 aliphatic carbocycles. The Labute approximate surface area is 192 Å². The van der Waals surface area contributed by atoms with Crippen LogP contribution in [0.4, 0.5) is 0 Å². The molecule has 0 saturated heterocycles. The summed E-state index contributed by atoms with van der Waals surface area (Å²) in [6, 6.07) is 15.8. The number of hydrogen-bond acceptors (Lipinski definition) is 6. The standard InChI is InChI=1S/C26H26N4O3/c1-2-32-26(31)17-7-11-20(12-8-17)33-24-14-10-18(15-28-24)21-13-9-19(16-27-21)25-29-22-5-3-4-6-23(22)30-25/h3-6,9-10,13-17,20H,2,7-8,11-12H2,1H3,(H,29,30). The van der Waals surface area contributed by atoms with Gasteiger partial charge in [0.15, 0.2) is 0 Å². The van der Waals surface area contributed by atoms with E-state index in [9.17, 15) is 4.79 Å². The molecule has 1 fully saturated rings. The molecule has 0 bridgehead atoms. The predicted octanol–water partition coefficient (Wildman–Crippen LogP) is 5.19. The Bertz CT molecular complexity index is 1190. The number of pyridine rings is 2. The number of aromatic nitrogens is 4. The van der Waals surface area contributed by atoms with E-state index in [0.717, 1.165) is 59.4 Å². The predicted molar refractivity (Wildman–Crippen MR) is 126 cm³/mol. The van der Waals surface area contributed by atoms with Gasteiger partial charge in [0.05, 0.1) is 29.3 Å². The third kappa shape index (κ3) is 4.72. The van der Waals surface area contributed by atoms with Crippen molar-refractivity contribution in [3.63, 3.8) is 0 Å². The fourth-order valence-corrected chi connectivity index (χ4v) is 4.24. The number of nitrogens with one attached hydrogen (secondary N) is 1. The monoisotopic (exact) mass is 442 g/mol. The van der Waals surface area contributed by atoms with Gasteiger partial charge in [-0.05, 0) is 62.9 Å². The topological polar surface area (TPSA) is 90.0 Å². The molecule has 168 valence electrons. The van der Waals surface area contributed by atoms with E-state index in [1.165, 1.54) is 0 Å². The zero-order valence-corrected chi connectivity index (χ0v) is 18.5. The Morgan fingerprint density at radius 2 is 1.76 bits per heavy atom. The molecule has 3 heterocycles.